The molecule has 202 valence electrons. The smallest absolute Gasteiger partial charge is 0.248 e. The van der Waals surface area contributed by atoms with Gasteiger partial charge in [-0.2, -0.15) is 0 Å². The lowest BCUT2D eigenvalue weighted by molar-refractivity contribution is -0.120. The number of piperidine rings is 1. The fourth-order valence-corrected chi connectivity index (χ4v) is 5.51. The molecule has 0 radical (unpaired) electrons. The second kappa shape index (κ2) is 9.71. The van der Waals surface area contributed by atoms with Crippen molar-refractivity contribution in [1.82, 2.24) is 14.5 Å². The quantitative estimate of drug-likeness (QED) is 0.298. The maximum absolute atomic E-state index is 14.3. The van der Waals surface area contributed by atoms with Crippen molar-refractivity contribution < 1.29 is 22.9 Å². The number of aromatic nitrogens is 3. The summed E-state index contributed by atoms with van der Waals surface area (Å²) in [7, 11) is 0. The van der Waals surface area contributed by atoms with Crippen molar-refractivity contribution in [2.75, 3.05) is 4.90 Å². The van der Waals surface area contributed by atoms with Gasteiger partial charge in [0.1, 0.15) is 11.4 Å². The molecule has 5 aromatic rings. The van der Waals surface area contributed by atoms with E-state index in [4.69, 9.17) is 15.2 Å². The van der Waals surface area contributed by atoms with E-state index in [1.54, 1.807) is 24.3 Å². The van der Waals surface area contributed by atoms with Crippen molar-refractivity contribution in [2.24, 2.45) is 5.73 Å². The molecule has 0 spiro atoms. The highest BCUT2D eigenvalue weighted by molar-refractivity contribution is 5.96. The first-order valence-corrected chi connectivity index (χ1v) is 12.9. The van der Waals surface area contributed by atoms with Gasteiger partial charge in [0.25, 0.3) is 0 Å². The third kappa shape index (κ3) is 4.21. The molecule has 4 heterocycles. The summed E-state index contributed by atoms with van der Waals surface area (Å²) in [6, 6.07) is 13.6. The van der Waals surface area contributed by atoms with Gasteiger partial charge in [0, 0.05) is 41.1 Å². The number of carbonyl (C=O) groups is 2. The van der Waals surface area contributed by atoms with E-state index in [1.165, 1.54) is 11.0 Å². The van der Waals surface area contributed by atoms with Crippen LogP contribution in [0.25, 0.3) is 28.0 Å². The summed E-state index contributed by atoms with van der Waals surface area (Å²) in [4.78, 5) is 31.5. The number of aryl methyl sites for hydroxylation is 2. The van der Waals surface area contributed by atoms with Crippen molar-refractivity contribution in [2.45, 2.75) is 39.2 Å². The van der Waals surface area contributed by atoms with Crippen LogP contribution in [-0.4, -0.2) is 26.4 Å². The number of carbonyl (C=O) groups excluding carboxylic acids is 2. The van der Waals surface area contributed by atoms with Crippen LogP contribution in [0, 0.1) is 25.5 Å². The molecule has 0 aliphatic carbocycles. The molecule has 1 aliphatic rings. The first-order chi connectivity index (χ1) is 19.2. The molecule has 2 N–H and O–H groups in total. The maximum atomic E-state index is 14.3. The van der Waals surface area contributed by atoms with Crippen LogP contribution < -0.4 is 10.6 Å². The van der Waals surface area contributed by atoms with E-state index in [2.05, 4.69) is 5.16 Å². The molecule has 1 unspecified atom stereocenters. The minimum atomic E-state index is -1.03. The molecule has 1 fully saturated rings. The summed E-state index contributed by atoms with van der Waals surface area (Å²) in [6.07, 6.45) is 3.35. The molecule has 8 nitrogen and oxygen atoms in total. The lowest BCUT2D eigenvalue weighted by Gasteiger charge is -2.35. The summed E-state index contributed by atoms with van der Waals surface area (Å²) >= 11 is 0. The van der Waals surface area contributed by atoms with E-state index in [0.717, 1.165) is 34.5 Å². The first kappa shape index (κ1) is 25.4. The molecule has 6 rings (SSSR count). The van der Waals surface area contributed by atoms with E-state index in [9.17, 15) is 18.4 Å². The van der Waals surface area contributed by atoms with Crippen LogP contribution in [0.15, 0.2) is 65.3 Å². The number of halogens is 2. The number of hydrogen-bond acceptors (Lipinski definition) is 5. The zero-order chi connectivity index (χ0) is 28.1. The van der Waals surface area contributed by atoms with Crippen LogP contribution in [0.1, 0.15) is 52.8 Å². The van der Waals surface area contributed by atoms with E-state index in [0.29, 0.717) is 41.2 Å². The number of hydrogen-bond donors (Lipinski definition) is 1. The van der Waals surface area contributed by atoms with Gasteiger partial charge in [-0.3, -0.25) is 14.0 Å². The van der Waals surface area contributed by atoms with Crippen LogP contribution >= 0.6 is 0 Å². The van der Waals surface area contributed by atoms with Gasteiger partial charge >= 0.3 is 0 Å². The fourth-order valence-electron chi connectivity index (χ4n) is 5.51. The highest BCUT2D eigenvalue weighted by Crippen LogP contribution is 2.41. The molecule has 1 saturated heterocycles. The monoisotopic (exact) mass is 541 g/mol. The van der Waals surface area contributed by atoms with Crippen LogP contribution in [-0.2, 0) is 4.79 Å². The summed E-state index contributed by atoms with van der Waals surface area (Å²) in [5.74, 6) is -2.09. The molecule has 3 aromatic heterocycles. The Kier molecular flexibility index (Phi) is 6.17. The molecule has 10 heteroatoms. The average Bonchev–Trinajstić information content (AvgIpc) is 3.48. The predicted molar refractivity (Wildman–Crippen MR) is 145 cm³/mol. The van der Waals surface area contributed by atoms with Gasteiger partial charge in [0.2, 0.25) is 11.8 Å². The minimum Gasteiger partial charge on any atom is -0.366 e. The largest absolute Gasteiger partial charge is 0.366 e. The van der Waals surface area contributed by atoms with Crippen LogP contribution in [0.3, 0.4) is 0 Å². The number of pyridine rings is 1. The van der Waals surface area contributed by atoms with Crippen molar-refractivity contribution in [3.8, 4) is 22.4 Å². The van der Waals surface area contributed by atoms with Gasteiger partial charge < -0.3 is 15.2 Å². The zero-order valence-corrected chi connectivity index (χ0v) is 21.8. The third-order valence-corrected chi connectivity index (χ3v) is 7.36. The lowest BCUT2D eigenvalue weighted by Crippen LogP contribution is -2.38. The predicted octanol–water partition coefficient (Wildman–Crippen LogP) is 5.91. The highest BCUT2D eigenvalue weighted by atomic mass is 19.2. The van der Waals surface area contributed by atoms with E-state index in [-0.39, 0.29) is 18.0 Å². The van der Waals surface area contributed by atoms with Crippen molar-refractivity contribution in [1.29, 1.82) is 0 Å². The number of nitrogens with two attached hydrogens (primary N) is 1. The molecule has 0 saturated carbocycles. The van der Waals surface area contributed by atoms with E-state index < -0.39 is 23.6 Å². The first-order valence-electron chi connectivity index (χ1n) is 12.9. The minimum absolute atomic E-state index is 0.203. The number of amides is 2. The molecule has 0 bridgehead atoms. The second-order valence-corrected chi connectivity index (χ2v) is 9.90. The summed E-state index contributed by atoms with van der Waals surface area (Å²) < 4.78 is 35.3. The Morgan fingerprint density at radius 2 is 1.80 bits per heavy atom. The SMILES string of the molecule is Cc1noc(C)c1-c1ccn2c(-c3ccc(C(N)=O)cc3)c(C3CCCC(=O)N3c3ccc(F)c(F)c3)nc2c1. The Labute approximate surface area is 228 Å². The number of fused-ring (bicyclic) bond motifs is 1. The van der Waals surface area contributed by atoms with Crippen LogP contribution in [0.2, 0.25) is 0 Å². The Morgan fingerprint density at radius 1 is 1.02 bits per heavy atom. The summed E-state index contributed by atoms with van der Waals surface area (Å²) in [5.41, 5.74) is 11.2. The van der Waals surface area contributed by atoms with E-state index >= 15 is 0 Å². The van der Waals surface area contributed by atoms with Crippen molar-refractivity contribution in [3.63, 3.8) is 0 Å². The Hall–Kier alpha value is -4.86. The highest BCUT2D eigenvalue weighted by Gasteiger charge is 2.35. The Balaban J connectivity index is 1.57. The zero-order valence-electron chi connectivity index (χ0n) is 21.8. The topological polar surface area (TPSA) is 107 Å². The van der Waals surface area contributed by atoms with E-state index in [1.807, 2.05) is 36.6 Å². The Morgan fingerprint density at radius 3 is 2.48 bits per heavy atom. The average molecular weight is 542 g/mol. The maximum Gasteiger partial charge on any atom is 0.248 e. The molecule has 1 atom stereocenters. The number of rotatable bonds is 5. The number of primary amides is 1. The molecular formula is C30H25F2N5O3. The molecule has 40 heavy (non-hydrogen) atoms. The second-order valence-electron chi connectivity index (χ2n) is 9.90. The molecule has 2 aromatic carbocycles. The van der Waals surface area contributed by atoms with Gasteiger partial charge in [0.05, 0.1) is 23.1 Å². The third-order valence-electron chi connectivity index (χ3n) is 7.36. The van der Waals surface area contributed by atoms with Crippen LogP contribution in [0.4, 0.5) is 14.5 Å². The summed E-state index contributed by atoms with van der Waals surface area (Å²) in [6.45, 7) is 3.71. The number of imidazole rings is 1. The standard InChI is InChI=1S/C30H25F2N5O3/c1-16-27(17(2)40-35-16)20-12-13-36-25(14-20)34-28(29(36)18-6-8-19(9-7-18)30(33)39)24-4-3-5-26(38)37(24)21-10-11-22(31)23(32)15-21/h6-15,24H,3-5H2,1-2H3,(H2,33,39). The number of anilines is 1. The number of nitrogens with zero attached hydrogens (tertiary/aromatic N) is 4. The normalized spacial score (nSPS) is 15.7. The molecule has 1 aliphatic heterocycles. The van der Waals surface area contributed by atoms with Gasteiger partial charge in [-0.25, -0.2) is 13.8 Å². The van der Waals surface area contributed by atoms with Gasteiger partial charge in [-0.1, -0.05) is 17.3 Å². The van der Waals surface area contributed by atoms with Gasteiger partial charge in [-0.15, -0.1) is 0 Å². The molecular weight excluding hydrogens is 516 g/mol. The van der Waals surface area contributed by atoms with Crippen molar-refractivity contribution >= 4 is 23.1 Å². The summed E-state index contributed by atoms with van der Waals surface area (Å²) in [5, 5.41) is 4.06. The van der Waals surface area contributed by atoms with Crippen LogP contribution in [0.5, 0.6) is 0 Å². The van der Waals surface area contributed by atoms with Crippen molar-refractivity contribution in [3.05, 3.63) is 95.1 Å². The molecule has 2 amide bonds. The lowest BCUT2D eigenvalue weighted by atomic mass is 9.94. The van der Waals surface area contributed by atoms with Gasteiger partial charge in [-0.05, 0) is 68.7 Å². The van der Waals surface area contributed by atoms with Gasteiger partial charge in [0.15, 0.2) is 11.6 Å². The fraction of sp³-hybridized carbons (Fsp3) is 0.200. The Bertz CT molecular complexity index is 1770. The number of benzene rings is 2.